The summed E-state index contributed by atoms with van der Waals surface area (Å²) in [7, 11) is 0. The minimum absolute atomic E-state index is 0.507. The van der Waals surface area contributed by atoms with Gasteiger partial charge in [-0.1, -0.05) is 6.92 Å². The molecule has 2 rings (SSSR count). The van der Waals surface area contributed by atoms with Gasteiger partial charge >= 0.3 is 0 Å². The molecular formula is C11H16OS. The van der Waals surface area contributed by atoms with Gasteiger partial charge in [0.25, 0.3) is 0 Å². The third-order valence-corrected chi connectivity index (χ3v) is 3.84. The molecule has 0 radical (unpaired) electrons. The van der Waals surface area contributed by atoms with E-state index in [9.17, 15) is 5.11 Å². The smallest absolute Gasteiger partial charge is 0.0904 e. The van der Waals surface area contributed by atoms with Crippen molar-refractivity contribution >= 4 is 11.3 Å². The molecule has 0 atom stereocenters. The van der Waals surface area contributed by atoms with Gasteiger partial charge in [-0.3, -0.25) is 0 Å². The summed E-state index contributed by atoms with van der Waals surface area (Å²) in [6, 6.07) is 2.06. The fraction of sp³-hybridized carbons (Fsp3) is 0.636. The predicted octanol–water partition coefficient (Wildman–Crippen LogP) is 3.15. The molecule has 1 aromatic rings. The number of hydrogen-bond donors (Lipinski definition) is 1. The first-order valence-electron chi connectivity index (χ1n) is 4.96. The van der Waals surface area contributed by atoms with Crippen LogP contribution in [0, 0.1) is 5.92 Å². The summed E-state index contributed by atoms with van der Waals surface area (Å²) in [5.74, 6) is 0.791. The average Bonchev–Trinajstić information content (AvgIpc) is 2.63. The van der Waals surface area contributed by atoms with E-state index >= 15 is 0 Å². The van der Waals surface area contributed by atoms with Crippen LogP contribution in [0.4, 0.5) is 0 Å². The molecular weight excluding hydrogens is 180 g/mol. The molecule has 0 aliphatic heterocycles. The van der Waals surface area contributed by atoms with Crippen LogP contribution < -0.4 is 0 Å². The second-order valence-corrected chi connectivity index (χ2v) is 5.01. The molecule has 0 bridgehead atoms. The highest BCUT2D eigenvalue weighted by Crippen LogP contribution is 2.39. The zero-order chi connectivity index (χ0) is 9.31. The summed E-state index contributed by atoms with van der Waals surface area (Å²) in [6.07, 6.45) is 4.19. The molecule has 13 heavy (non-hydrogen) atoms. The second kappa shape index (κ2) is 3.43. The fourth-order valence-corrected chi connectivity index (χ4v) is 2.81. The number of rotatable bonds is 1. The Bertz CT molecular complexity index is 258. The van der Waals surface area contributed by atoms with Gasteiger partial charge in [-0.25, -0.2) is 0 Å². The number of hydrogen-bond acceptors (Lipinski definition) is 2. The van der Waals surface area contributed by atoms with E-state index in [-0.39, 0.29) is 0 Å². The molecule has 1 aliphatic carbocycles. The molecule has 1 nitrogen and oxygen atoms in total. The SMILES string of the molecule is CC1CCC(O)(c2ccsc2)CC1. The van der Waals surface area contributed by atoms with E-state index in [4.69, 9.17) is 0 Å². The Morgan fingerprint density at radius 1 is 1.46 bits per heavy atom. The van der Waals surface area contributed by atoms with Crippen molar-refractivity contribution in [3.63, 3.8) is 0 Å². The van der Waals surface area contributed by atoms with Gasteiger partial charge < -0.3 is 5.11 Å². The highest BCUT2D eigenvalue weighted by atomic mass is 32.1. The van der Waals surface area contributed by atoms with Crippen LogP contribution in [0.5, 0.6) is 0 Å². The topological polar surface area (TPSA) is 20.2 Å². The lowest BCUT2D eigenvalue weighted by atomic mass is 9.77. The molecule has 0 aromatic carbocycles. The van der Waals surface area contributed by atoms with Crippen molar-refractivity contribution in [2.75, 3.05) is 0 Å². The van der Waals surface area contributed by atoms with Gasteiger partial charge in [0.2, 0.25) is 0 Å². The third-order valence-electron chi connectivity index (χ3n) is 3.16. The lowest BCUT2D eigenvalue weighted by molar-refractivity contribution is -0.0116. The van der Waals surface area contributed by atoms with E-state index in [1.807, 2.05) is 5.38 Å². The minimum Gasteiger partial charge on any atom is -0.385 e. The molecule has 1 saturated carbocycles. The quantitative estimate of drug-likeness (QED) is 0.731. The van der Waals surface area contributed by atoms with Crippen molar-refractivity contribution < 1.29 is 5.11 Å². The van der Waals surface area contributed by atoms with Crippen molar-refractivity contribution in [2.24, 2.45) is 5.92 Å². The summed E-state index contributed by atoms with van der Waals surface area (Å²) in [6.45, 7) is 2.27. The Labute approximate surface area is 83.4 Å². The number of aliphatic hydroxyl groups is 1. The van der Waals surface area contributed by atoms with E-state index < -0.39 is 5.60 Å². The van der Waals surface area contributed by atoms with Crippen molar-refractivity contribution in [2.45, 2.75) is 38.2 Å². The van der Waals surface area contributed by atoms with Crippen LogP contribution in [0.15, 0.2) is 16.8 Å². The van der Waals surface area contributed by atoms with Gasteiger partial charge in [-0.2, -0.15) is 11.3 Å². The van der Waals surface area contributed by atoms with E-state index in [0.717, 1.165) is 37.2 Å². The lowest BCUT2D eigenvalue weighted by Crippen LogP contribution is -2.30. The van der Waals surface area contributed by atoms with Crippen molar-refractivity contribution in [3.05, 3.63) is 22.4 Å². The Balaban J connectivity index is 2.13. The van der Waals surface area contributed by atoms with Gasteiger partial charge in [-0.05, 0) is 54.0 Å². The Hall–Kier alpha value is -0.340. The number of thiophene rings is 1. The van der Waals surface area contributed by atoms with Crippen LogP contribution in [0.25, 0.3) is 0 Å². The van der Waals surface area contributed by atoms with Crippen molar-refractivity contribution in [1.82, 2.24) is 0 Å². The van der Waals surface area contributed by atoms with Gasteiger partial charge in [0.1, 0.15) is 0 Å². The molecule has 0 amide bonds. The standard InChI is InChI=1S/C11H16OS/c1-9-2-5-11(12,6-3-9)10-4-7-13-8-10/h4,7-9,12H,2-3,5-6H2,1H3. The normalized spacial score (nSPS) is 34.8. The molecule has 1 fully saturated rings. The van der Waals surface area contributed by atoms with Gasteiger partial charge in [0.15, 0.2) is 0 Å². The van der Waals surface area contributed by atoms with Crippen LogP contribution >= 0.6 is 11.3 Å². The first kappa shape index (κ1) is 9.22. The summed E-state index contributed by atoms with van der Waals surface area (Å²) in [4.78, 5) is 0. The maximum atomic E-state index is 10.4. The highest BCUT2D eigenvalue weighted by Gasteiger charge is 2.33. The zero-order valence-corrected chi connectivity index (χ0v) is 8.81. The van der Waals surface area contributed by atoms with Gasteiger partial charge in [0.05, 0.1) is 5.60 Å². The monoisotopic (exact) mass is 196 g/mol. The summed E-state index contributed by atoms with van der Waals surface area (Å²) < 4.78 is 0. The zero-order valence-electron chi connectivity index (χ0n) is 7.99. The first-order chi connectivity index (χ1) is 6.21. The maximum absolute atomic E-state index is 10.4. The van der Waals surface area contributed by atoms with Crippen molar-refractivity contribution in [1.29, 1.82) is 0 Å². The first-order valence-corrected chi connectivity index (χ1v) is 5.90. The fourth-order valence-electron chi connectivity index (χ4n) is 2.06. The molecule has 0 saturated heterocycles. The molecule has 2 heteroatoms. The summed E-state index contributed by atoms with van der Waals surface area (Å²) >= 11 is 1.67. The van der Waals surface area contributed by atoms with Crippen molar-refractivity contribution in [3.8, 4) is 0 Å². The van der Waals surface area contributed by atoms with Crippen LogP contribution in [-0.4, -0.2) is 5.11 Å². The highest BCUT2D eigenvalue weighted by molar-refractivity contribution is 7.08. The second-order valence-electron chi connectivity index (χ2n) is 4.23. The predicted molar refractivity (Wildman–Crippen MR) is 55.8 cm³/mol. The Morgan fingerprint density at radius 2 is 2.15 bits per heavy atom. The lowest BCUT2D eigenvalue weighted by Gasteiger charge is -2.34. The molecule has 1 aromatic heterocycles. The maximum Gasteiger partial charge on any atom is 0.0904 e. The summed E-state index contributed by atoms with van der Waals surface area (Å²) in [5, 5.41) is 14.5. The van der Waals surface area contributed by atoms with Gasteiger partial charge in [0, 0.05) is 0 Å². The molecule has 1 aliphatic rings. The molecule has 0 spiro atoms. The van der Waals surface area contributed by atoms with E-state index in [2.05, 4.69) is 18.4 Å². The van der Waals surface area contributed by atoms with E-state index in [0.29, 0.717) is 0 Å². The largest absolute Gasteiger partial charge is 0.385 e. The van der Waals surface area contributed by atoms with Crippen LogP contribution in [0.2, 0.25) is 0 Å². The van der Waals surface area contributed by atoms with E-state index in [1.165, 1.54) is 0 Å². The minimum atomic E-state index is -0.507. The molecule has 1 N–H and O–H groups in total. The molecule has 0 unspecified atom stereocenters. The summed E-state index contributed by atoms with van der Waals surface area (Å²) in [5.41, 5.74) is 0.622. The van der Waals surface area contributed by atoms with Crippen LogP contribution in [0.3, 0.4) is 0 Å². The average molecular weight is 196 g/mol. The van der Waals surface area contributed by atoms with Gasteiger partial charge in [-0.15, -0.1) is 0 Å². The Kier molecular flexibility index (Phi) is 2.43. The molecule has 72 valence electrons. The Morgan fingerprint density at radius 3 is 2.69 bits per heavy atom. The molecule has 1 heterocycles. The van der Waals surface area contributed by atoms with Crippen LogP contribution in [-0.2, 0) is 5.60 Å². The van der Waals surface area contributed by atoms with E-state index in [1.54, 1.807) is 11.3 Å². The third kappa shape index (κ3) is 1.79. The van der Waals surface area contributed by atoms with Crippen LogP contribution in [0.1, 0.15) is 38.2 Å².